The molecule has 2 aliphatic rings. The maximum Gasteiger partial charge on any atom is 0.225 e. The van der Waals surface area contributed by atoms with Crippen LogP contribution in [0, 0.1) is 17.1 Å². The molecule has 0 spiro atoms. The van der Waals surface area contributed by atoms with Crippen LogP contribution in [0.4, 0.5) is 10.2 Å². The van der Waals surface area contributed by atoms with E-state index < -0.39 is 5.82 Å². The molecule has 3 heterocycles. The average molecular weight is 451 g/mol. The Morgan fingerprint density at radius 1 is 1.39 bits per heavy atom. The summed E-state index contributed by atoms with van der Waals surface area (Å²) in [5.41, 5.74) is 2.01. The van der Waals surface area contributed by atoms with Crippen molar-refractivity contribution in [2.45, 2.75) is 38.1 Å². The second-order valence-electron chi connectivity index (χ2n) is 8.43. The van der Waals surface area contributed by atoms with E-state index in [9.17, 15) is 14.4 Å². The van der Waals surface area contributed by atoms with E-state index in [1.807, 2.05) is 11.8 Å². The summed E-state index contributed by atoms with van der Waals surface area (Å²) in [4.78, 5) is 29.8. The molecule has 172 valence electrons. The standard InChI is InChI=1S/C24H27FN6O2/c1-4-20-19(25)13-27-23(28-20)18-11-17(12-26)24(29-22(18)16-5-6-16)30-8-9-31(15(2)14-30)21(32)7-10-33-3/h4,11,13,15-16H,1,5-10,14H2,2-3H3/t15-/m1/s1. The maximum atomic E-state index is 13.9. The van der Waals surface area contributed by atoms with Crippen molar-refractivity contribution in [3.63, 3.8) is 0 Å². The highest BCUT2D eigenvalue weighted by Crippen LogP contribution is 2.44. The molecule has 8 nitrogen and oxygen atoms in total. The second kappa shape index (κ2) is 9.63. The summed E-state index contributed by atoms with van der Waals surface area (Å²) >= 11 is 0. The number of anilines is 1. The summed E-state index contributed by atoms with van der Waals surface area (Å²) in [5, 5.41) is 9.90. The molecule has 2 aromatic heterocycles. The van der Waals surface area contributed by atoms with Crippen molar-refractivity contribution in [1.29, 1.82) is 5.26 Å². The van der Waals surface area contributed by atoms with Crippen LogP contribution >= 0.6 is 0 Å². The van der Waals surface area contributed by atoms with Gasteiger partial charge in [-0.1, -0.05) is 6.58 Å². The van der Waals surface area contributed by atoms with Crippen molar-refractivity contribution in [3.05, 3.63) is 41.6 Å². The molecule has 0 aromatic carbocycles. The van der Waals surface area contributed by atoms with Gasteiger partial charge in [-0.25, -0.2) is 19.3 Å². The highest BCUT2D eigenvalue weighted by molar-refractivity contribution is 5.77. The third kappa shape index (κ3) is 4.71. The van der Waals surface area contributed by atoms with Crippen LogP contribution in [0.15, 0.2) is 18.8 Å². The van der Waals surface area contributed by atoms with Gasteiger partial charge >= 0.3 is 0 Å². The highest BCUT2D eigenvalue weighted by Gasteiger charge is 2.33. The van der Waals surface area contributed by atoms with Crippen molar-refractivity contribution in [3.8, 4) is 17.5 Å². The predicted octanol–water partition coefficient (Wildman–Crippen LogP) is 3.14. The van der Waals surface area contributed by atoms with Gasteiger partial charge in [0, 0.05) is 44.3 Å². The lowest BCUT2D eigenvalue weighted by molar-refractivity contribution is -0.134. The molecule has 0 unspecified atom stereocenters. The summed E-state index contributed by atoms with van der Waals surface area (Å²) in [6, 6.07) is 4.00. The van der Waals surface area contributed by atoms with Gasteiger partial charge in [-0.05, 0) is 31.9 Å². The number of carbonyl (C=O) groups excluding carboxylic acids is 1. The second-order valence-corrected chi connectivity index (χ2v) is 8.43. The van der Waals surface area contributed by atoms with E-state index in [1.165, 1.54) is 6.08 Å². The van der Waals surface area contributed by atoms with E-state index in [1.54, 1.807) is 13.2 Å². The number of pyridine rings is 1. The zero-order valence-corrected chi connectivity index (χ0v) is 18.9. The van der Waals surface area contributed by atoms with E-state index in [4.69, 9.17) is 9.72 Å². The van der Waals surface area contributed by atoms with Crippen LogP contribution < -0.4 is 4.90 Å². The number of hydrogen-bond donors (Lipinski definition) is 0. The molecule has 1 amide bonds. The Hall–Kier alpha value is -3.38. The number of methoxy groups -OCH3 is 1. The van der Waals surface area contributed by atoms with Gasteiger partial charge in [0.2, 0.25) is 5.91 Å². The fourth-order valence-corrected chi connectivity index (χ4v) is 4.19. The van der Waals surface area contributed by atoms with Gasteiger partial charge in [-0.15, -0.1) is 0 Å². The van der Waals surface area contributed by atoms with E-state index in [2.05, 4.69) is 27.5 Å². The van der Waals surface area contributed by atoms with E-state index >= 15 is 0 Å². The lowest BCUT2D eigenvalue weighted by atomic mass is 10.0. The van der Waals surface area contributed by atoms with E-state index in [0.717, 1.165) is 24.7 Å². The van der Waals surface area contributed by atoms with Gasteiger partial charge in [-0.3, -0.25) is 4.79 Å². The van der Waals surface area contributed by atoms with Crippen LogP contribution in [-0.4, -0.2) is 65.2 Å². The Morgan fingerprint density at radius 3 is 2.82 bits per heavy atom. The zero-order chi connectivity index (χ0) is 23.5. The Bertz CT molecular complexity index is 1110. The number of ether oxygens (including phenoxy) is 1. The number of carbonyl (C=O) groups is 1. The molecule has 1 saturated heterocycles. The normalized spacial score (nSPS) is 18.2. The maximum absolute atomic E-state index is 13.9. The van der Waals surface area contributed by atoms with Gasteiger partial charge in [0.15, 0.2) is 11.6 Å². The van der Waals surface area contributed by atoms with E-state index in [0.29, 0.717) is 55.4 Å². The molecule has 2 fully saturated rings. The molecule has 1 aliphatic heterocycles. The third-order valence-electron chi connectivity index (χ3n) is 6.09. The number of piperazine rings is 1. The van der Waals surface area contributed by atoms with Crippen molar-refractivity contribution in [2.75, 3.05) is 38.3 Å². The number of hydrogen-bond acceptors (Lipinski definition) is 7. The van der Waals surface area contributed by atoms with Gasteiger partial charge in [-0.2, -0.15) is 5.26 Å². The van der Waals surface area contributed by atoms with Crippen LogP contribution in [-0.2, 0) is 9.53 Å². The summed E-state index contributed by atoms with van der Waals surface area (Å²) < 4.78 is 18.9. The zero-order valence-electron chi connectivity index (χ0n) is 18.9. The van der Waals surface area contributed by atoms with E-state index in [-0.39, 0.29) is 23.6 Å². The number of rotatable bonds is 7. The molecular formula is C24H27FN6O2. The Morgan fingerprint density at radius 2 is 2.18 bits per heavy atom. The van der Waals surface area contributed by atoms with Crippen molar-refractivity contribution >= 4 is 17.8 Å². The highest BCUT2D eigenvalue weighted by atomic mass is 19.1. The van der Waals surface area contributed by atoms with Crippen LogP contribution in [0.1, 0.15) is 49.1 Å². The Labute approximate surface area is 192 Å². The fraction of sp³-hybridized carbons (Fsp3) is 0.458. The first-order valence-corrected chi connectivity index (χ1v) is 11.1. The van der Waals surface area contributed by atoms with Crippen LogP contribution in [0.2, 0.25) is 0 Å². The molecule has 1 atom stereocenters. The topological polar surface area (TPSA) is 95.2 Å². The number of aromatic nitrogens is 3. The molecule has 33 heavy (non-hydrogen) atoms. The van der Waals surface area contributed by atoms with Gasteiger partial charge in [0.1, 0.15) is 17.6 Å². The largest absolute Gasteiger partial charge is 0.384 e. The molecule has 0 radical (unpaired) electrons. The summed E-state index contributed by atoms with van der Waals surface area (Å²) in [7, 11) is 1.58. The summed E-state index contributed by atoms with van der Waals surface area (Å²) in [6.45, 7) is 7.73. The van der Waals surface area contributed by atoms with Crippen LogP contribution in [0.25, 0.3) is 17.5 Å². The lowest BCUT2D eigenvalue weighted by Gasteiger charge is -2.41. The minimum atomic E-state index is -0.543. The first-order chi connectivity index (χ1) is 16.0. The molecule has 1 aliphatic carbocycles. The Balaban J connectivity index is 1.66. The summed E-state index contributed by atoms with van der Waals surface area (Å²) in [6.07, 6.45) is 4.82. The van der Waals surface area contributed by atoms with Crippen LogP contribution in [0.3, 0.4) is 0 Å². The molecule has 1 saturated carbocycles. The Kier molecular flexibility index (Phi) is 6.65. The molecule has 4 rings (SSSR count). The van der Waals surface area contributed by atoms with Crippen LogP contribution in [0.5, 0.6) is 0 Å². The number of amides is 1. The van der Waals surface area contributed by atoms with Gasteiger partial charge in [0.05, 0.1) is 30.5 Å². The molecule has 2 aromatic rings. The molecule has 9 heteroatoms. The molecular weight excluding hydrogens is 423 g/mol. The SMILES string of the molecule is C=Cc1nc(-c2cc(C#N)c(N3CCN(C(=O)CCOC)[C@H](C)C3)nc2C2CC2)ncc1F. The minimum absolute atomic E-state index is 0.0175. The molecule has 0 N–H and O–H groups in total. The lowest BCUT2D eigenvalue weighted by Crippen LogP contribution is -2.54. The van der Waals surface area contributed by atoms with Crippen molar-refractivity contribution in [1.82, 2.24) is 19.9 Å². The third-order valence-corrected chi connectivity index (χ3v) is 6.09. The fourth-order valence-electron chi connectivity index (χ4n) is 4.19. The quantitative estimate of drug-likeness (QED) is 0.639. The number of nitrogens with zero attached hydrogens (tertiary/aromatic N) is 6. The van der Waals surface area contributed by atoms with Crippen molar-refractivity contribution < 1.29 is 13.9 Å². The average Bonchev–Trinajstić information content (AvgIpc) is 3.67. The predicted molar refractivity (Wildman–Crippen MR) is 122 cm³/mol. The van der Waals surface area contributed by atoms with Gasteiger partial charge < -0.3 is 14.5 Å². The monoisotopic (exact) mass is 450 g/mol. The first-order valence-electron chi connectivity index (χ1n) is 11.1. The molecule has 0 bridgehead atoms. The minimum Gasteiger partial charge on any atom is -0.384 e. The smallest absolute Gasteiger partial charge is 0.225 e. The number of halogens is 1. The first kappa shape index (κ1) is 22.8. The number of nitriles is 1. The van der Waals surface area contributed by atoms with Crippen molar-refractivity contribution in [2.24, 2.45) is 0 Å². The van der Waals surface area contributed by atoms with Gasteiger partial charge in [0.25, 0.3) is 0 Å². The summed E-state index contributed by atoms with van der Waals surface area (Å²) in [5.74, 6) is 0.745.